The van der Waals surface area contributed by atoms with Crippen LogP contribution < -0.4 is 0 Å². The lowest BCUT2D eigenvalue weighted by Crippen LogP contribution is -1.91. The fraction of sp³-hybridized carbons (Fsp3) is 0.304. The van der Waals surface area contributed by atoms with Gasteiger partial charge in [-0.2, -0.15) is 0 Å². The minimum atomic E-state index is 0.169. The van der Waals surface area contributed by atoms with Crippen molar-refractivity contribution in [2.75, 3.05) is 0 Å². The predicted octanol–water partition coefficient (Wildman–Crippen LogP) is 6.46. The molecule has 0 heteroatoms. The number of benzene rings is 2. The van der Waals surface area contributed by atoms with Crippen LogP contribution >= 0.6 is 0 Å². The Labute approximate surface area is 141 Å². The molecule has 1 atom stereocenters. The van der Waals surface area contributed by atoms with Gasteiger partial charge in [0.25, 0.3) is 0 Å². The molecule has 0 spiro atoms. The molecule has 2 rings (SSSR count). The summed E-state index contributed by atoms with van der Waals surface area (Å²) >= 11 is 0. The maximum atomic E-state index is 3.45. The molecule has 0 aliphatic heterocycles. The van der Waals surface area contributed by atoms with Gasteiger partial charge in [0.15, 0.2) is 0 Å². The molecule has 0 aliphatic carbocycles. The van der Waals surface area contributed by atoms with Gasteiger partial charge in [-0.15, -0.1) is 5.92 Å². The zero-order valence-corrected chi connectivity index (χ0v) is 14.0. The van der Waals surface area contributed by atoms with Crippen molar-refractivity contribution in [3.63, 3.8) is 0 Å². The Balaban J connectivity index is 2.04. The van der Waals surface area contributed by atoms with Gasteiger partial charge in [-0.05, 0) is 17.5 Å². The second-order valence-electron chi connectivity index (χ2n) is 5.79. The number of rotatable bonds is 7. The van der Waals surface area contributed by atoms with Gasteiger partial charge in [0.05, 0.1) is 5.92 Å². The molecule has 118 valence electrons. The van der Waals surface area contributed by atoms with E-state index in [0.717, 1.165) is 6.42 Å². The van der Waals surface area contributed by atoms with Crippen LogP contribution in [0.15, 0.2) is 66.7 Å². The highest BCUT2D eigenvalue weighted by molar-refractivity contribution is 5.52. The highest BCUT2D eigenvalue weighted by Gasteiger charge is 2.03. The molecular weight excluding hydrogens is 276 g/mol. The third kappa shape index (κ3) is 6.57. The second-order valence-corrected chi connectivity index (χ2v) is 5.79. The Kier molecular flexibility index (Phi) is 7.78. The normalized spacial score (nSPS) is 11.9. The Morgan fingerprint density at radius 2 is 1.57 bits per heavy atom. The third-order valence-corrected chi connectivity index (χ3v) is 3.85. The first-order valence-electron chi connectivity index (χ1n) is 8.66. The van der Waals surface area contributed by atoms with Crippen LogP contribution in [0.1, 0.15) is 56.1 Å². The molecule has 0 radical (unpaired) electrons. The van der Waals surface area contributed by atoms with Crippen LogP contribution in [0.5, 0.6) is 0 Å². The van der Waals surface area contributed by atoms with Gasteiger partial charge in [0.1, 0.15) is 0 Å². The van der Waals surface area contributed by atoms with Gasteiger partial charge < -0.3 is 0 Å². The summed E-state index contributed by atoms with van der Waals surface area (Å²) in [7, 11) is 0. The first-order chi connectivity index (χ1) is 11.4. The second kappa shape index (κ2) is 10.5. The molecule has 0 amide bonds. The Morgan fingerprint density at radius 3 is 2.26 bits per heavy atom. The van der Waals surface area contributed by atoms with Gasteiger partial charge in [-0.1, -0.05) is 105 Å². The van der Waals surface area contributed by atoms with Crippen LogP contribution in [0.3, 0.4) is 0 Å². The molecule has 0 bridgehead atoms. The van der Waals surface area contributed by atoms with E-state index in [1.54, 1.807) is 0 Å². The van der Waals surface area contributed by atoms with Gasteiger partial charge in [-0.25, -0.2) is 0 Å². The molecule has 0 nitrogen and oxygen atoms in total. The number of unbranched alkanes of at least 4 members (excludes halogenated alkanes) is 4. The van der Waals surface area contributed by atoms with Gasteiger partial charge in [-0.3, -0.25) is 0 Å². The Bertz CT molecular complexity index is 626. The molecule has 0 heterocycles. The number of allylic oxidation sites excluding steroid dienone is 1. The summed E-state index contributed by atoms with van der Waals surface area (Å²) in [6, 6.07) is 21.0. The maximum Gasteiger partial charge on any atom is 0.0636 e. The zero-order valence-electron chi connectivity index (χ0n) is 14.0. The minimum absolute atomic E-state index is 0.169. The monoisotopic (exact) mass is 302 g/mol. The van der Waals surface area contributed by atoms with Crippen LogP contribution in [-0.2, 0) is 0 Å². The SMILES string of the molecule is CCCCCCC#CC(/C=C/c1ccccc1)c1ccccc1. The van der Waals surface area contributed by atoms with E-state index >= 15 is 0 Å². The first-order valence-corrected chi connectivity index (χ1v) is 8.66. The summed E-state index contributed by atoms with van der Waals surface area (Å²) in [6.07, 6.45) is 10.5. The van der Waals surface area contributed by atoms with E-state index in [9.17, 15) is 0 Å². The number of hydrogen-bond acceptors (Lipinski definition) is 0. The molecule has 0 saturated carbocycles. The van der Waals surface area contributed by atoms with E-state index in [-0.39, 0.29) is 5.92 Å². The maximum absolute atomic E-state index is 3.45. The lowest BCUT2D eigenvalue weighted by Gasteiger charge is -2.06. The topological polar surface area (TPSA) is 0 Å². The van der Waals surface area contributed by atoms with Crippen molar-refractivity contribution in [2.24, 2.45) is 0 Å². The van der Waals surface area contributed by atoms with E-state index < -0.39 is 0 Å². The van der Waals surface area contributed by atoms with Crippen LogP contribution in [0.4, 0.5) is 0 Å². The average molecular weight is 302 g/mol. The van der Waals surface area contributed by atoms with Crippen LogP contribution in [0.2, 0.25) is 0 Å². The predicted molar refractivity (Wildman–Crippen MR) is 101 cm³/mol. The molecule has 0 N–H and O–H groups in total. The van der Waals surface area contributed by atoms with Gasteiger partial charge in [0, 0.05) is 6.42 Å². The summed E-state index contributed by atoms with van der Waals surface area (Å²) in [5, 5.41) is 0. The van der Waals surface area contributed by atoms with Crippen LogP contribution in [0.25, 0.3) is 6.08 Å². The lowest BCUT2D eigenvalue weighted by atomic mass is 9.98. The van der Waals surface area contributed by atoms with E-state index in [1.165, 1.54) is 36.8 Å². The summed E-state index contributed by atoms with van der Waals surface area (Å²) in [5.74, 6) is 6.99. The highest BCUT2D eigenvalue weighted by Crippen LogP contribution is 2.18. The quantitative estimate of drug-likeness (QED) is 0.407. The fourth-order valence-corrected chi connectivity index (χ4v) is 2.50. The summed E-state index contributed by atoms with van der Waals surface area (Å²) in [6.45, 7) is 2.24. The van der Waals surface area contributed by atoms with Crippen molar-refractivity contribution in [1.29, 1.82) is 0 Å². The third-order valence-electron chi connectivity index (χ3n) is 3.85. The van der Waals surface area contributed by atoms with Crippen LogP contribution in [0, 0.1) is 11.8 Å². The Morgan fingerprint density at radius 1 is 0.870 bits per heavy atom. The highest BCUT2D eigenvalue weighted by atomic mass is 14.1. The van der Waals surface area contributed by atoms with Gasteiger partial charge >= 0.3 is 0 Å². The molecular formula is C23H26. The van der Waals surface area contributed by atoms with Crippen molar-refractivity contribution in [3.8, 4) is 11.8 Å². The Hall–Kier alpha value is -2.26. The smallest absolute Gasteiger partial charge is 0.0636 e. The molecule has 0 fully saturated rings. The standard InChI is InChI=1S/C23H26/c1-2-3-4-5-6-11-18-23(22-16-12-8-13-17-22)20-19-21-14-9-7-10-15-21/h7-10,12-17,19-20,23H,2-6H2,1H3/b20-19+. The van der Waals surface area contributed by atoms with E-state index in [0.29, 0.717) is 0 Å². The first kappa shape index (κ1) is 17.1. The van der Waals surface area contributed by atoms with Crippen molar-refractivity contribution >= 4 is 6.08 Å². The van der Waals surface area contributed by atoms with Crippen molar-refractivity contribution in [2.45, 2.75) is 44.9 Å². The molecule has 0 aliphatic rings. The summed E-state index contributed by atoms with van der Waals surface area (Å²) in [4.78, 5) is 0. The fourth-order valence-electron chi connectivity index (χ4n) is 2.50. The lowest BCUT2D eigenvalue weighted by molar-refractivity contribution is 0.679. The average Bonchev–Trinajstić information content (AvgIpc) is 2.62. The van der Waals surface area contributed by atoms with Crippen molar-refractivity contribution in [1.82, 2.24) is 0 Å². The molecule has 0 aromatic heterocycles. The van der Waals surface area contributed by atoms with E-state index in [4.69, 9.17) is 0 Å². The zero-order chi connectivity index (χ0) is 16.2. The van der Waals surface area contributed by atoms with E-state index in [1.807, 2.05) is 6.07 Å². The molecule has 2 aromatic rings. The van der Waals surface area contributed by atoms with Crippen molar-refractivity contribution < 1.29 is 0 Å². The molecule has 1 unspecified atom stereocenters. The molecule has 23 heavy (non-hydrogen) atoms. The van der Waals surface area contributed by atoms with Crippen molar-refractivity contribution in [3.05, 3.63) is 77.9 Å². The van der Waals surface area contributed by atoms with E-state index in [2.05, 4.69) is 85.5 Å². The largest absolute Gasteiger partial charge is 0.102 e. The summed E-state index contributed by atoms with van der Waals surface area (Å²) in [5.41, 5.74) is 2.49. The van der Waals surface area contributed by atoms with Crippen LogP contribution in [-0.4, -0.2) is 0 Å². The number of hydrogen-bond donors (Lipinski definition) is 0. The molecule has 0 saturated heterocycles. The van der Waals surface area contributed by atoms with Gasteiger partial charge in [0.2, 0.25) is 0 Å². The molecule has 2 aromatic carbocycles. The summed E-state index contributed by atoms with van der Waals surface area (Å²) < 4.78 is 0. The minimum Gasteiger partial charge on any atom is -0.102 e.